The van der Waals surface area contributed by atoms with Gasteiger partial charge in [0.05, 0.1) is 7.11 Å². The molecule has 1 aliphatic rings. The summed E-state index contributed by atoms with van der Waals surface area (Å²) in [6.07, 6.45) is 2.24. The van der Waals surface area contributed by atoms with E-state index in [1.165, 1.54) is 5.56 Å². The van der Waals surface area contributed by atoms with Gasteiger partial charge in [-0.3, -0.25) is 0 Å². The van der Waals surface area contributed by atoms with E-state index in [2.05, 4.69) is 17.4 Å². The third kappa shape index (κ3) is 2.06. The summed E-state index contributed by atoms with van der Waals surface area (Å²) in [4.78, 5) is 0. The van der Waals surface area contributed by atoms with Gasteiger partial charge in [-0.1, -0.05) is 12.1 Å². The topological polar surface area (TPSA) is 47.3 Å². The third-order valence-corrected chi connectivity index (χ3v) is 3.65. The minimum absolute atomic E-state index is 0.164. The summed E-state index contributed by atoms with van der Waals surface area (Å²) in [5.41, 5.74) is 7.49. The molecular weight excluding hydrogens is 200 g/mol. The average Bonchev–Trinajstić information content (AvgIpc) is 2.39. The molecular formula is C13H20N2O. The van der Waals surface area contributed by atoms with E-state index < -0.39 is 0 Å². The number of benzene rings is 1. The van der Waals surface area contributed by atoms with Crippen LogP contribution < -0.4 is 15.8 Å². The zero-order valence-corrected chi connectivity index (χ0v) is 9.83. The number of ether oxygens (including phenoxy) is 1. The zero-order chi connectivity index (χ0) is 11.4. The van der Waals surface area contributed by atoms with Crippen LogP contribution in [0.2, 0.25) is 0 Å². The molecule has 0 aliphatic carbocycles. The molecule has 1 heterocycles. The van der Waals surface area contributed by atoms with E-state index in [1.807, 2.05) is 12.1 Å². The van der Waals surface area contributed by atoms with E-state index in [-0.39, 0.29) is 5.41 Å². The molecule has 2 rings (SSSR count). The van der Waals surface area contributed by atoms with Crippen molar-refractivity contribution in [2.24, 2.45) is 5.73 Å². The van der Waals surface area contributed by atoms with Crippen molar-refractivity contribution in [2.45, 2.75) is 18.3 Å². The van der Waals surface area contributed by atoms with Gasteiger partial charge in [0.15, 0.2) is 0 Å². The highest BCUT2D eigenvalue weighted by molar-refractivity contribution is 5.33. The summed E-state index contributed by atoms with van der Waals surface area (Å²) < 4.78 is 5.18. The summed E-state index contributed by atoms with van der Waals surface area (Å²) in [6, 6.07) is 8.34. The molecule has 0 aromatic heterocycles. The predicted octanol–water partition coefficient (Wildman–Crippen LogP) is 1.28. The maximum atomic E-state index is 5.98. The lowest BCUT2D eigenvalue weighted by Gasteiger charge is -2.37. The molecule has 1 saturated heterocycles. The Bertz CT molecular complexity index is 328. The maximum absolute atomic E-state index is 5.98. The molecule has 3 nitrogen and oxygen atoms in total. The Hall–Kier alpha value is -1.06. The van der Waals surface area contributed by atoms with Crippen LogP contribution in [-0.4, -0.2) is 26.7 Å². The number of rotatable bonds is 3. The monoisotopic (exact) mass is 220 g/mol. The largest absolute Gasteiger partial charge is 0.497 e. The molecule has 1 aliphatic heterocycles. The Morgan fingerprint density at radius 1 is 1.25 bits per heavy atom. The van der Waals surface area contributed by atoms with Crippen LogP contribution in [-0.2, 0) is 5.41 Å². The lowest BCUT2D eigenvalue weighted by atomic mass is 9.73. The first-order chi connectivity index (χ1) is 7.80. The van der Waals surface area contributed by atoms with Crippen LogP contribution >= 0.6 is 0 Å². The molecule has 16 heavy (non-hydrogen) atoms. The van der Waals surface area contributed by atoms with Gasteiger partial charge in [0, 0.05) is 12.0 Å². The van der Waals surface area contributed by atoms with E-state index in [4.69, 9.17) is 10.5 Å². The normalized spacial score (nSPS) is 19.4. The molecule has 3 heteroatoms. The van der Waals surface area contributed by atoms with Crippen LogP contribution in [0, 0.1) is 0 Å². The first-order valence-corrected chi connectivity index (χ1v) is 5.86. The summed E-state index contributed by atoms with van der Waals surface area (Å²) >= 11 is 0. The highest BCUT2D eigenvalue weighted by atomic mass is 16.5. The van der Waals surface area contributed by atoms with Crippen molar-refractivity contribution in [1.29, 1.82) is 0 Å². The molecule has 1 aromatic rings. The number of nitrogens with two attached hydrogens (primary N) is 1. The Labute approximate surface area is 97.0 Å². The van der Waals surface area contributed by atoms with Gasteiger partial charge in [-0.25, -0.2) is 0 Å². The van der Waals surface area contributed by atoms with Gasteiger partial charge in [0.1, 0.15) is 5.75 Å². The lowest BCUT2D eigenvalue weighted by Crippen LogP contribution is -2.44. The van der Waals surface area contributed by atoms with E-state index in [0.717, 1.165) is 38.2 Å². The van der Waals surface area contributed by atoms with Crippen molar-refractivity contribution in [1.82, 2.24) is 5.32 Å². The van der Waals surface area contributed by atoms with Crippen molar-refractivity contribution < 1.29 is 4.74 Å². The Morgan fingerprint density at radius 3 is 2.38 bits per heavy atom. The van der Waals surface area contributed by atoms with Crippen LogP contribution in [0.25, 0.3) is 0 Å². The molecule has 88 valence electrons. The van der Waals surface area contributed by atoms with E-state index >= 15 is 0 Å². The number of methoxy groups -OCH3 is 1. The van der Waals surface area contributed by atoms with Crippen molar-refractivity contribution in [2.75, 3.05) is 26.7 Å². The second-order valence-electron chi connectivity index (χ2n) is 4.46. The standard InChI is InChI=1S/C13H20N2O/c1-16-12-4-2-11(3-5-12)13(10-14)6-8-15-9-7-13/h2-5,15H,6-10,14H2,1H3. The van der Waals surface area contributed by atoms with E-state index in [0.29, 0.717) is 0 Å². The predicted molar refractivity (Wildman–Crippen MR) is 65.8 cm³/mol. The second-order valence-corrected chi connectivity index (χ2v) is 4.46. The van der Waals surface area contributed by atoms with E-state index in [1.54, 1.807) is 7.11 Å². The Morgan fingerprint density at radius 2 is 1.88 bits per heavy atom. The molecule has 0 unspecified atom stereocenters. The van der Waals surface area contributed by atoms with Crippen LogP contribution in [0.4, 0.5) is 0 Å². The average molecular weight is 220 g/mol. The number of hydrogen-bond donors (Lipinski definition) is 2. The van der Waals surface area contributed by atoms with Gasteiger partial charge >= 0.3 is 0 Å². The molecule has 1 fully saturated rings. The maximum Gasteiger partial charge on any atom is 0.118 e. The molecule has 0 bridgehead atoms. The zero-order valence-electron chi connectivity index (χ0n) is 9.83. The molecule has 0 saturated carbocycles. The SMILES string of the molecule is COc1ccc(C2(CN)CCNCC2)cc1. The summed E-state index contributed by atoms with van der Waals surface area (Å²) in [6.45, 7) is 2.84. The smallest absolute Gasteiger partial charge is 0.118 e. The van der Waals surface area contributed by atoms with Gasteiger partial charge in [-0.2, -0.15) is 0 Å². The fraction of sp³-hybridized carbons (Fsp3) is 0.538. The van der Waals surface area contributed by atoms with Gasteiger partial charge in [-0.05, 0) is 43.6 Å². The molecule has 0 atom stereocenters. The molecule has 0 spiro atoms. The lowest BCUT2D eigenvalue weighted by molar-refractivity contribution is 0.315. The molecule has 0 amide bonds. The van der Waals surface area contributed by atoms with Crippen LogP contribution in [0.3, 0.4) is 0 Å². The number of nitrogens with one attached hydrogen (secondary N) is 1. The molecule has 3 N–H and O–H groups in total. The van der Waals surface area contributed by atoms with Gasteiger partial charge in [-0.15, -0.1) is 0 Å². The van der Waals surface area contributed by atoms with Gasteiger partial charge in [0.2, 0.25) is 0 Å². The third-order valence-electron chi connectivity index (χ3n) is 3.65. The summed E-state index contributed by atoms with van der Waals surface area (Å²) in [7, 11) is 1.69. The van der Waals surface area contributed by atoms with Crippen LogP contribution in [0.15, 0.2) is 24.3 Å². The Balaban J connectivity index is 2.24. The van der Waals surface area contributed by atoms with Crippen molar-refractivity contribution >= 4 is 0 Å². The number of hydrogen-bond acceptors (Lipinski definition) is 3. The molecule has 1 aromatic carbocycles. The van der Waals surface area contributed by atoms with Crippen LogP contribution in [0.5, 0.6) is 5.75 Å². The number of piperidine rings is 1. The van der Waals surface area contributed by atoms with Gasteiger partial charge < -0.3 is 15.8 Å². The van der Waals surface area contributed by atoms with Crippen LogP contribution in [0.1, 0.15) is 18.4 Å². The first-order valence-electron chi connectivity index (χ1n) is 5.86. The minimum Gasteiger partial charge on any atom is -0.497 e. The quantitative estimate of drug-likeness (QED) is 0.806. The van der Waals surface area contributed by atoms with Crippen molar-refractivity contribution in [3.05, 3.63) is 29.8 Å². The second kappa shape index (κ2) is 4.85. The fourth-order valence-electron chi connectivity index (χ4n) is 2.46. The molecule has 0 radical (unpaired) electrons. The van der Waals surface area contributed by atoms with Crippen molar-refractivity contribution in [3.8, 4) is 5.75 Å². The Kier molecular flexibility index (Phi) is 3.46. The van der Waals surface area contributed by atoms with E-state index in [9.17, 15) is 0 Å². The summed E-state index contributed by atoms with van der Waals surface area (Å²) in [5, 5.41) is 3.39. The van der Waals surface area contributed by atoms with Crippen molar-refractivity contribution in [3.63, 3.8) is 0 Å². The first kappa shape index (κ1) is 11.4. The highest BCUT2D eigenvalue weighted by Gasteiger charge is 2.32. The summed E-state index contributed by atoms with van der Waals surface area (Å²) in [5.74, 6) is 0.907. The minimum atomic E-state index is 0.164. The van der Waals surface area contributed by atoms with Gasteiger partial charge in [0.25, 0.3) is 0 Å². The fourth-order valence-corrected chi connectivity index (χ4v) is 2.46. The highest BCUT2D eigenvalue weighted by Crippen LogP contribution is 2.33.